The predicted octanol–water partition coefficient (Wildman–Crippen LogP) is 5.88. The number of thioether (sulfide) groups is 1. The number of carbonyl (C=O) groups is 2. The van der Waals surface area contributed by atoms with Crippen LogP contribution in [0.1, 0.15) is 35.8 Å². The SMILES string of the molecule is CC[C@@H](C(=O)Nc1ccc([C@H]2SCC(=O)N2c2ccc(F)cc2F)cc1)c1ccccc1. The molecule has 0 aliphatic carbocycles. The van der Waals surface area contributed by atoms with Crippen LogP contribution in [0.4, 0.5) is 20.2 Å². The molecule has 1 aliphatic rings. The standard InChI is InChI=1S/C25H22F2N2O2S/c1-2-20(16-6-4-3-5-7-16)24(31)28-19-11-8-17(9-12-19)25-29(23(30)15-32-25)22-13-10-18(26)14-21(22)27/h3-14,20,25H,2,15H2,1H3,(H,28,31)/t20-,25-/m1/s1. The van der Waals surface area contributed by atoms with E-state index in [1.54, 1.807) is 12.1 Å². The summed E-state index contributed by atoms with van der Waals surface area (Å²) in [7, 11) is 0. The Bertz CT molecular complexity index is 1120. The Balaban J connectivity index is 1.51. The van der Waals surface area contributed by atoms with E-state index in [-0.39, 0.29) is 29.2 Å². The van der Waals surface area contributed by atoms with Crippen molar-refractivity contribution in [1.82, 2.24) is 0 Å². The topological polar surface area (TPSA) is 49.4 Å². The quantitative estimate of drug-likeness (QED) is 0.508. The number of amides is 2. The second-order valence-corrected chi connectivity index (χ2v) is 8.57. The molecule has 1 N–H and O–H groups in total. The van der Waals surface area contributed by atoms with Gasteiger partial charge in [0, 0.05) is 11.8 Å². The molecule has 0 spiro atoms. The molecule has 1 saturated heterocycles. The van der Waals surface area contributed by atoms with E-state index in [1.807, 2.05) is 49.4 Å². The van der Waals surface area contributed by atoms with Gasteiger partial charge in [-0.3, -0.25) is 14.5 Å². The third-order valence-electron chi connectivity index (χ3n) is 5.43. The summed E-state index contributed by atoms with van der Waals surface area (Å²) in [6.07, 6.45) is 0.674. The van der Waals surface area contributed by atoms with Crippen molar-refractivity contribution in [3.63, 3.8) is 0 Å². The highest BCUT2D eigenvalue weighted by Crippen LogP contribution is 2.42. The molecule has 1 fully saturated rings. The zero-order valence-electron chi connectivity index (χ0n) is 17.4. The van der Waals surface area contributed by atoms with Crippen molar-refractivity contribution in [1.29, 1.82) is 0 Å². The Kier molecular flexibility index (Phi) is 6.55. The Labute approximate surface area is 189 Å². The Morgan fingerprint density at radius 1 is 1.09 bits per heavy atom. The van der Waals surface area contributed by atoms with E-state index in [1.165, 1.54) is 22.7 Å². The molecule has 0 saturated carbocycles. The lowest BCUT2D eigenvalue weighted by Gasteiger charge is -2.25. The fourth-order valence-corrected chi connectivity index (χ4v) is 5.00. The largest absolute Gasteiger partial charge is 0.326 e. The van der Waals surface area contributed by atoms with Crippen LogP contribution >= 0.6 is 11.8 Å². The lowest BCUT2D eigenvalue weighted by Crippen LogP contribution is -2.28. The van der Waals surface area contributed by atoms with E-state index in [0.29, 0.717) is 12.1 Å². The summed E-state index contributed by atoms with van der Waals surface area (Å²) in [5.41, 5.74) is 2.44. The Hall–Kier alpha value is -3.19. The summed E-state index contributed by atoms with van der Waals surface area (Å²) in [4.78, 5) is 26.6. The maximum atomic E-state index is 14.3. The molecule has 1 aliphatic heterocycles. The monoisotopic (exact) mass is 452 g/mol. The fraction of sp³-hybridized carbons (Fsp3) is 0.200. The molecule has 2 amide bonds. The summed E-state index contributed by atoms with van der Waals surface area (Å²) >= 11 is 1.37. The zero-order valence-corrected chi connectivity index (χ0v) is 18.2. The molecule has 3 aromatic rings. The molecule has 2 atom stereocenters. The highest BCUT2D eigenvalue weighted by Gasteiger charge is 2.35. The average Bonchev–Trinajstić information content (AvgIpc) is 3.17. The minimum atomic E-state index is -0.777. The van der Waals surface area contributed by atoms with Gasteiger partial charge in [0.1, 0.15) is 17.0 Å². The molecule has 164 valence electrons. The summed E-state index contributed by atoms with van der Waals surface area (Å²) in [6, 6.07) is 20.0. The maximum Gasteiger partial charge on any atom is 0.238 e. The number of nitrogens with zero attached hydrogens (tertiary/aromatic N) is 1. The van der Waals surface area contributed by atoms with Gasteiger partial charge in [0.05, 0.1) is 17.4 Å². The van der Waals surface area contributed by atoms with Crippen LogP contribution in [-0.4, -0.2) is 17.6 Å². The van der Waals surface area contributed by atoms with E-state index in [9.17, 15) is 18.4 Å². The first-order valence-electron chi connectivity index (χ1n) is 10.3. The molecule has 3 aromatic carbocycles. The molecule has 4 nitrogen and oxygen atoms in total. The molecule has 1 heterocycles. The number of anilines is 2. The van der Waals surface area contributed by atoms with Crippen LogP contribution in [0.5, 0.6) is 0 Å². The van der Waals surface area contributed by atoms with Gasteiger partial charge in [-0.05, 0) is 41.8 Å². The van der Waals surface area contributed by atoms with Crippen LogP contribution < -0.4 is 10.2 Å². The van der Waals surface area contributed by atoms with Crippen molar-refractivity contribution in [2.75, 3.05) is 16.0 Å². The highest BCUT2D eigenvalue weighted by atomic mass is 32.2. The molecular weight excluding hydrogens is 430 g/mol. The number of carbonyl (C=O) groups excluding carboxylic acids is 2. The van der Waals surface area contributed by atoms with Gasteiger partial charge in [0.15, 0.2) is 0 Å². The minimum Gasteiger partial charge on any atom is -0.326 e. The number of benzene rings is 3. The fourth-order valence-electron chi connectivity index (χ4n) is 3.83. The maximum absolute atomic E-state index is 14.3. The first kappa shape index (κ1) is 22.0. The first-order valence-corrected chi connectivity index (χ1v) is 11.4. The number of hydrogen-bond donors (Lipinski definition) is 1. The second-order valence-electron chi connectivity index (χ2n) is 7.51. The molecule has 0 unspecified atom stereocenters. The number of nitrogens with one attached hydrogen (secondary N) is 1. The first-order chi connectivity index (χ1) is 15.5. The van der Waals surface area contributed by atoms with Gasteiger partial charge in [0.2, 0.25) is 11.8 Å². The third kappa shape index (κ3) is 4.53. The normalized spacial score (nSPS) is 16.8. The smallest absolute Gasteiger partial charge is 0.238 e. The van der Waals surface area contributed by atoms with Gasteiger partial charge < -0.3 is 5.32 Å². The Morgan fingerprint density at radius 2 is 1.81 bits per heavy atom. The van der Waals surface area contributed by atoms with Crippen LogP contribution in [0, 0.1) is 11.6 Å². The van der Waals surface area contributed by atoms with Crippen molar-refractivity contribution < 1.29 is 18.4 Å². The van der Waals surface area contributed by atoms with Crippen molar-refractivity contribution in [3.8, 4) is 0 Å². The van der Waals surface area contributed by atoms with Crippen LogP contribution in [0.25, 0.3) is 0 Å². The molecule has 0 bridgehead atoms. The van der Waals surface area contributed by atoms with Gasteiger partial charge in [-0.15, -0.1) is 11.8 Å². The minimum absolute atomic E-state index is 0.0532. The molecule has 0 aromatic heterocycles. The zero-order chi connectivity index (χ0) is 22.7. The predicted molar refractivity (Wildman–Crippen MR) is 124 cm³/mol. The van der Waals surface area contributed by atoms with Gasteiger partial charge >= 0.3 is 0 Å². The van der Waals surface area contributed by atoms with Gasteiger partial charge in [0.25, 0.3) is 0 Å². The number of halogens is 2. The summed E-state index contributed by atoms with van der Waals surface area (Å²) in [5, 5.41) is 2.52. The summed E-state index contributed by atoms with van der Waals surface area (Å²) in [6.45, 7) is 1.97. The van der Waals surface area contributed by atoms with Crippen LogP contribution in [0.15, 0.2) is 72.8 Å². The second kappa shape index (κ2) is 9.53. The summed E-state index contributed by atoms with van der Waals surface area (Å²) < 4.78 is 27.6. The van der Waals surface area contributed by atoms with Crippen molar-refractivity contribution in [2.24, 2.45) is 0 Å². The number of hydrogen-bond acceptors (Lipinski definition) is 3. The van der Waals surface area contributed by atoms with E-state index >= 15 is 0 Å². The highest BCUT2D eigenvalue weighted by molar-refractivity contribution is 8.00. The number of rotatable bonds is 6. The average molecular weight is 453 g/mol. The molecule has 0 radical (unpaired) electrons. The van der Waals surface area contributed by atoms with E-state index in [2.05, 4.69) is 5.32 Å². The van der Waals surface area contributed by atoms with Crippen molar-refractivity contribution >= 4 is 35.0 Å². The van der Waals surface area contributed by atoms with E-state index in [4.69, 9.17) is 0 Å². The van der Waals surface area contributed by atoms with Crippen molar-refractivity contribution in [2.45, 2.75) is 24.6 Å². The Morgan fingerprint density at radius 3 is 2.47 bits per heavy atom. The van der Waals surface area contributed by atoms with Crippen LogP contribution in [-0.2, 0) is 9.59 Å². The van der Waals surface area contributed by atoms with Crippen molar-refractivity contribution in [3.05, 3.63) is 95.6 Å². The van der Waals surface area contributed by atoms with Gasteiger partial charge in [-0.1, -0.05) is 49.4 Å². The third-order valence-corrected chi connectivity index (χ3v) is 6.64. The lowest BCUT2D eigenvalue weighted by atomic mass is 9.95. The van der Waals surface area contributed by atoms with Crippen LogP contribution in [0.3, 0.4) is 0 Å². The summed E-state index contributed by atoms with van der Waals surface area (Å²) in [5.74, 6) is -1.85. The van der Waals surface area contributed by atoms with Gasteiger partial charge in [-0.25, -0.2) is 8.78 Å². The van der Waals surface area contributed by atoms with Gasteiger partial charge in [-0.2, -0.15) is 0 Å². The molecular formula is C25H22F2N2O2S. The van der Waals surface area contributed by atoms with Crippen LogP contribution in [0.2, 0.25) is 0 Å². The molecule has 32 heavy (non-hydrogen) atoms. The lowest BCUT2D eigenvalue weighted by molar-refractivity contribution is -0.118. The molecule has 7 heteroatoms. The van der Waals surface area contributed by atoms with E-state index < -0.39 is 17.0 Å². The van der Waals surface area contributed by atoms with E-state index in [0.717, 1.165) is 23.3 Å². The molecule has 4 rings (SSSR count).